The first-order valence-corrected chi connectivity index (χ1v) is 12.2. The van der Waals surface area contributed by atoms with Gasteiger partial charge in [-0.1, -0.05) is 26.0 Å². The molecule has 190 valence electrons. The van der Waals surface area contributed by atoms with Crippen molar-refractivity contribution in [3.8, 4) is 0 Å². The van der Waals surface area contributed by atoms with Crippen LogP contribution in [0.5, 0.6) is 0 Å². The zero-order valence-electron chi connectivity index (χ0n) is 21.0. The number of para-hydroxylation sites is 1. The molecule has 1 aliphatic rings. The number of carbonyl (C=O) groups excluding carboxylic acids is 3. The summed E-state index contributed by atoms with van der Waals surface area (Å²) in [4.78, 5) is 42.7. The van der Waals surface area contributed by atoms with E-state index < -0.39 is 29.8 Å². The molecule has 2 heterocycles. The summed E-state index contributed by atoms with van der Waals surface area (Å²) in [7, 11) is 0. The average molecular weight is 484 g/mol. The summed E-state index contributed by atoms with van der Waals surface area (Å²) in [6.45, 7) is 9.84. The fourth-order valence-corrected chi connectivity index (χ4v) is 4.71. The van der Waals surface area contributed by atoms with Gasteiger partial charge >= 0.3 is 0 Å². The molecular weight excluding hydrogens is 446 g/mol. The molecule has 0 aliphatic carbocycles. The van der Waals surface area contributed by atoms with Crippen LogP contribution in [0.4, 0.5) is 11.4 Å². The predicted molar refractivity (Wildman–Crippen MR) is 136 cm³/mol. The Bertz CT molecular complexity index is 1030. The molecule has 3 amide bonds. The van der Waals surface area contributed by atoms with E-state index in [0.29, 0.717) is 18.6 Å². The smallest absolute Gasteiger partial charge is 0.250 e. The highest BCUT2D eigenvalue weighted by Gasteiger charge is 2.39. The standard InChI is InChI=1S/C26H37N5O4/c1-5-30(6-2)21-11-7-9-17-14-20(26(34)31(23(17)21)15-18-10-8-12-35-18)29-25(33)19(13-16(3)4)22(27)24(28)32/h7-12,16,19-20,22H,5-6,13-15,27H2,1-4H3,(H2,28,32)(H,29,33)/t19-,20?,22?/m1/s1. The van der Waals surface area contributed by atoms with Gasteiger partial charge in [-0.2, -0.15) is 0 Å². The van der Waals surface area contributed by atoms with Crippen LogP contribution in [0.2, 0.25) is 0 Å². The number of nitrogens with two attached hydrogens (primary N) is 2. The van der Waals surface area contributed by atoms with E-state index in [-0.39, 0.29) is 18.4 Å². The van der Waals surface area contributed by atoms with Gasteiger partial charge in [0.25, 0.3) is 0 Å². The van der Waals surface area contributed by atoms with Crippen molar-refractivity contribution in [3.05, 3.63) is 47.9 Å². The van der Waals surface area contributed by atoms with E-state index in [9.17, 15) is 14.4 Å². The van der Waals surface area contributed by atoms with Gasteiger partial charge in [0, 0.05) is 19.5 Å². The summed E-state index contributed by atoms with van der Waals surface area (Å²) < 4.78 is 5.55. The van der Waals surface area contributed by atoms with Gasteiger partial charge in [0.2, 0.25) is 17.7 Å². The maximum Gasteiger partial charge on any atom is 0.250 e. The van der Waals surface area contributed by atoms with E-state index in [1.807, 2.05) is 38.1 Å². The lowest BCUT2D eigenvalue weighted by Crippen LogP contribution is -2.57. The molecular formula is C26H37N5O4. The number of anilines is 2. The summed E-state index contributed by atoms with van der Waals surface area (Å²) in [5, 5.41) is 2.87. The Morgan fingerprint density at radius 1 is 1.20 bits per heavy atom. The largest absolute Gasteiger partial charge is 0.467 e. The normalized spacial score (nSPS) is 17.1. The van der Waals surface area contributed by atoms with E-state index in [2.05, 4.69) is 24.1 Å². The number of nitrogens with zero attached hydrogens (tertiary/aromatic N) is 2. The van der Waals surface area contributed by atoms with Gasteiger partial charge < -0.3 is 31.0 Å². The molecule has 1 aromatic heterocycles. The third-order valence-electron chi connectivity index (χ3n) is 6.50. The van der Waals surface area contributed by atoms with Crippen molar-refractivity contribution in [3.63, 3.8) is 0 Å². The minimum Gasteiger partial charge on any atom is -0.467 e. The van der Waals surface area contributed by atoms with Gasteiger partial charge in [-0.05, 0) is 49.9 Å². The Balaban J connectivity index is 1.97. The first-order chi connectivity index (χ1) is 16.7. The lowest BCUT2D eigenvalue weighted by molar-refractivity contribution is -0.133. The Hall–Kier alpha value is -3.33. The molecule has 9 heteroatoms. The second-order valence-corrected chi connectivity index (χ2v) is 9.39. The number of nitrogens with one attached hydrogen (secondary N) is 1. The van der Waals surface area contributed by atoms with E-state index in [1.54, 1.807) is 17.2 Å². The monoisotopic (exact) mass is 483 g/mol. The van der Waals surface area contributed by atoms with Crippen molar-refractivity contribution in [2.45, 2.75) is 59.2 Å². The molecule has 0 saturated heterocycles. The van der Waals surface area contributed by atoms with Crippen LogP contribution in [0.25, 0.3) is 0 Å². The molecule has 2 aromatic rings. The molecule has 0 spiro atoms. The number of fused-ring (bicyclic) bond motifs is 1. The van der Waals surface area contributed by atoms with Crippen LogP contribution in [0, 0.1) is 11.8 Å². The zero-order chi connectivity index (χ0) is 25.7. The fraction of sp³-hybridized carbons (Fsp3) is 0.500. The second kappa shape index (κ2) is 11.4. The van der Waals surface area contributed by atoms with Crippen LogP contribution < -0.4 is 26.6 Å². The van der Waals surface area contributed by atoms with Crippen molar-refractivity contribution in [2.24, 2.45) is 23.3 Å². The van der Waals surface area contributed by atoms with Gasteiger partial charge in [-0.25, -0.2) is 0 Å². The van der Waals surface area contributed by atoms with Crippen LogP contribution in [0.15, 0.2) is 41.0 Å². The maximum absolute atomic E-state index is 13.8. The van der Waals surface area contributed by atoms with Crippen molar-refractivity contribution in [2.75, 3.05) is 22.9 Å². The number of furan rings is 1. The number of benzene rings is 1. The van der Waals surface area contributed by atoms with Gasteiger partial charge in [-0.15, -0.1) is 0 Å². The van der Waals surface area contributed by atoms with Crippen molar-refractivity contribution >= 4 is 29.1 Å². The molecule has 1 aromatic carbocycles. The summed E-state index contributed by atoms with van der Waals surface area (Å²) in [6.07, 6.45) is 2.29. The maximum atomic E-state index is 13.8. The van der Waals surface area contributed by atoms with Gasteiger partial charge in [0.05, 0.1) is 36.1 Å². The lowest BCUT2D eigenvalue weighted by atomic mass is 9.88. The Morgan fingerprint density at radius 2 is 1.91 bits per heavy atom. The number of hydrogen-bond donors (Lipinski definition) is 3. The zero-order valence-corrected chi connectivity index (χ0v) is 21.0. The second-order valence-electron chi connectivity index (χ2n) is 9.39. The van der Waals surface area contributed by atoms with E-state index >= 15 is 0 Å². The van der Waals surface area contributed by atoms with E-state index in [4.69, 9.17) is 15.9 Å². The summed E-state index contributed by atoms with van der Waals surface area (Å²) in [5.74, 6) is -1.48. The van der Waals surface area contributed by atoms with E-state index in [1.165, 1.54) is 0 Å². The number of rotatable bonds is 11. The third-order valence-corrected chi connectivity index (χ3v) is 6.50. The molecule has 2 unspecified atom stereocenters. The Morgan fingerprint density at radius 3 is 2.49 bits per heavy atom. The first-order valence-electron chi connectivity index (χ1n) is 12.2. The van der Waals surface area contributed by atoms with Crippen molar-refractivity contribution in [1.82, 2.24) is 5.32 Å². The highest BCUT2D eigenvalue weighted by molar-refractivity contribution is 6.05. The molecule has 1 aliphatic heterocycles. The molecule has 0 saturated carbocycles. The van der Waals surface area contributed by atoms with Crippen LogP contribution in [0.3, 0.4) is 0 Å². The van der Waals surface area contributed by atoms with Crippen molar-refractivity contribution in [1.29, 1.82) is 0 Å². The van der Waals surface area contributed by atoms with Crippen LogP contribution in [0.1, 0.15) is 45.4 Å². The van der Waals surface area contributed by atoms with Gasteiger partial charge in [0.15, 0.2) is 0 Å². The van der Waals surface area contributed by atoms with Crippen LogP contribution >= 0.6 is 0 Å². The number of carbonyl (C=O) groups is 3. The Kier molecular flexibility index (Phi) is 8.56. The number of hydrogen-bond acceptors (Lipinski definition) is 6. The number of primary amides is 1. The molecule has 0 bridgehead atoms. The lowest BCUT2D eigenvalue weighted by Gasteiger charge is -2.38. The molecule has 0 radical (unpaired) electrons. The highest BCUT2D eigenvalue weighted by Crippen LogP contribution is 2.38. The van der Waals surface area contributed by atoms with Crippen LogP contribution in [-0.4, -0.2) is 42.9 Å². The average Bonchev–Trinajstić information content (AvgIpc) is 3.33. The number of amides is 3. The minimum atomic E-state index is -1.13. The van der Waals surface area contributed by atoms with Gasteiger partial charge in [-0.3, -0.25) is 14.4 Å². The summed E-state index contributed by atoms with van der Waals surface area (Å²) >= 11 is 0. The topological polar surface area (TPSA) is 135 Å². The molecule has 3 atom stereocenters. The van der Waals surface area contributed by atoms with Crippen LogP contribution in [-0.2, 0) is 27.3 Å². The molecule has 0 fully saturated rings. The minimum absolute atomic E-state index is 0.117. The van der Waals surface area contributed by atoms with Crippen molar-refractivity contribution < 1.29 is 18.8 Å². The fourth-order valence-electron chi connectivity index (χ4n) is 4.71. The molecule has 35 heavy (non-hydrogen) atoms. The van der Waals surface area contributed by atoms with E-state index in [0.717, 1.165) is 30.0 Å². The summed E-state index contributed by atoms with van der Waals surface area (Å²) in [6, 6.07) is 7.63. The quantitative estimate of drug-likeness (QED) is 0.448. The molecule has 3 rings (SSSR count). The molecule has 5 N–H and O–H groups in total. The molecule has 9 nitrogen and oxygen atoms in total. The first kappa shape index (κ1) is 26.3. The highest BCUT2D eigenvalue weighted by atomic mass is 16.3. The van der Waals surface area contributed by atoms with Gasteiger partial charge in [0.1, 0.15) is 11.8 Å². The third kappa shape index (κ3) is 5.85. The summed E-state index contributed by atoms with van der Waals surface area (Å²) in [5.41, 5.74) is 14.1. The Labute approximate surface area is 206 Å². The predicted octanol–water partition coefficient (Wildman–Crippen LogP) is 2.17. The SMILES string of the molecule is CCN(CC)c1cccc2c1N(Cc1ccco1)C(=O)C(NC(=O)[C@H](CC(C)C)C(N)C(N)=O)C2.